The van der Waals surface area contributed by atoms with Gasteiger partial charge in [-0.25, -0.2) is 0 Å². The number of anilines is 1. The maximum Gasteiger partial charge on any atom is 0.238 e. The standard InChI is InChI=1S/C19H19N5OS2/c1-12(26-19-23-22-16-9-5-6-10-24(16)19)17(25)21-18-14(11-20)13-7-3-2-4-8-15(13)27-18/h5-6,9-10,12H,2-4,7-8H2,1H3,(H,21,25)/t12-/m0/s1. The minimum atomic E-state index is -0.356. The van der Waals surface area contributed by atoms with Gasteiger partial charge in [-0.05, 0) is 50.3 Å². The second-order valence-electron chi connectivity index (χ2n) is 6.54. The molecule has 4 rings (SSSR count). The van der Waals surface area contributed by atoms with Crippen LogP contribution in [-0.2, 0) is 17.6 Å². The maximum absolute atomic E-state index is 12.7. The van der Waals surface area contributed by atoms with Gasteiger partial charge in [0.15, 0.2) is 10.8 Å². The van der Waals surface area contributed by atoms with Crippen molar-refractivity contribution in [3.8, 4) is 6.07 Å². The Morgan fingerprint density at radius 1 is 1.33 bits per heavy atom. The van der Waals surface area contributed by atoms with Crippen LogP contribution in [0.4, 0.5) is 5.00 Å². The molecule has 0 aromatic carbocycles. The van der Waals surface area contributed by atoms with Crippen molar-refractivity contribution in [3.05, 3.63) is 40.4 Å². The van der Waals surface area contributed by atoms with Gasteiger partial charge in [0.25, 0.3) is 0 Å². The third kappa shape index (κ3) is 3.57. The van der Waals surface area contributed by atoms with Crippen LogP contribution in [0.1, 0.15) is 42.2 Å². The summed E-state index contributed by atoms with van der Waals surface area (Å²) in [4.78, 5) is 14.0. The van der Waals surface area contributed by atoms with E-state index in [-0.39, 0.29) is 11.2 Å². The lowest BCUT2D eigenvalue weighted by molar-refractivity contribution is -0.115. The fourth-order valence-electron chi connectivity index (χ4n) is 3.27. The highest BCUT2D eigenvalue weighted by Crippen LogP contribution is 2.37. The Morgan fingerprint density at radius 2 is 2.19 bits per heavy atom. The van der Waals surface area contributed by atoms with Gasteiger partial charge >= 0.3 is 0 Å². The van der Waals surface area contributed by atoms with E-state index in [0.717, 1.165) is 36.9 Å². The molecule has 8 heteroatoms. The molecule has 1 aliphatic rings. The number of pyridine rings is 1. The summed E-state index contributed by atoms with van der Waals surface area (Å²) >= 11 is 2.92. The fraction of sp³-hybridized carbons (Fsp3) is 0.368. The Morgan fingerprint density at radius 3 is 3.04 bits per heavy atom. The molecule has 0 unspecified atom stereocenters. The lowest BCUT2D eigenvalue weighted by atomic mass is 10.1. The second-order valence-corrected chi connectivity index (χ2v) is 8.95. The summed E-state index contributed by atoms with van der Waals surface area (Å²) in [7, 11) is 0. The van der Waals surface area contributed by atoms with E-state index in [0.29, 0.717) is 15.7 Å². The minimum absolute atomic E-state index is 0.124. The molecule has 3 aromatic heterocycles. The number of fused-ring (bicyclic) bond motifs is 2. The summed E-state index contributed by atoms with van der Waals surface area (Å²) in [5.41, 5.74) is 2.54. The number of amides is 1. The fourth-order valence-corrected chi connectivity index (χ4v) is 5.35. The van der Waals surface area contributed by atoms with Crippen LogP contribution in [0, 0.1) is 11.3 Å². The molecule has 1 N–H and O–H groups in total. The average molecular weight is 398 g/mol. The number of nitrogens with zero attached hydrogens (tertiary/aromatic N) is 4. The number of thiophene rings is 1. The molecule has 27 heavy (non-hydrogen) atoms. The topological polar surface area (TPSA) is 83.1 Å². The van der Waals surface area contributed by atoms with Crippen LogP contribution in [0.5, 0.6) is 0 Å². The predicted octanol–water partition coefficient (Wildman–Crippen LogP) is 4.05. The van der Waals surface area contributed by atoms with Gasteiger partial charge in [-0.3, -0.25) is 9.20 Å². The summed E-state index contributed by atoms with van der Waals surface area (Å²) in [6.45, 7) is 1.84. The van der Waals surface area contributed by atoms with Crippen LogP contribution in [0.2, 0.25) is 0 Å². The highest BCUT2D eigenvalue weighted by Gasteiger charge is 2.24. The lowest BCUT2D eigenvalue weighted by Gasteiger charge is -2.10. The molecule has 0 saturated carbocycles. The van der Waals surface area contributed by atoms with E-state index in [4.69, 9.17) is 0 Å². The number of aromatic nitrogens is 3. The van der Waals surface area contributed by atoms with Crippen LogP contribution in [0.15, 0.2) is 29.6 Å². The third-order valence-electron chi connectivity index (χ3n) is 4.70. The van der Waals surface area contributed by atoms with Crippen molar-refractivity contribution in [1.82, 2.24) is 14.6 Å². The number of rotatable bonds is 4. The number of nitriles is 1. The molecule has 0 bridgehead atoms. The highest BCUT2D eigenvalue weighted by molar-refractivity contribution is 8.00. The van der Waals surface area contributed by atoms with Gasteiger partial charge in [0.2, 0.25) is 5.91 Å². The van der Waals surface area contributed by atoms with Crippen molar-refractivity contribution in [2.45, 2.75) is 49.4 Å². The molecule has 0 fully saturated rings. The van der Waals surface area contributed by atoms with Gasteiger partial charge in [-0.15, -0.1) is 21.5 Å². The molecule has 138 valence electrons. The third-order valence-corrected chi connectivity index (χ3v) is 6.97. The lowest BCUT2D eigenvalue weighted by Crippen LogP contribution is -2.22. The van der Waals surface area contributed by atoms with E-state index < -0.39 is 0 Å². The van der Waals surface area contributed by atoms with Crippen LogP contribution in [0.25, 0.3) is 5.65 Å². The molecule has 1 aliphatic carbocycles. The molecule has 6 nitrogen and oxygen atoms in total. The molecule has 0 aliphatic heterocycles. The molecule has 0 saturated heterocycles. The zero-order valence-corrected chi connectivity index (χ0v) is 16.6. The zero-order chi connectivity index (χ0) is 18.8. The van der Waals surface area contributed by atoms with Crippen molar-refractivity contribution >= 4 is 39.7 Å². The Kier molecular flexibility index (Phi) is 5.14. The number of hydrogen-bond acceptors (Lipinski definition) is 6. The second kappa shape index (κ2) is 7.71. The van der Waals surface area contributed by atoms with E-state index in [1.54, 1.807) is 11.3 Å². The molecule has 3 aromatic rings. The van der Waals surface area contributed by atoms with Crippen molar-refractivity contribution in [1.29, 1.82) is 5.26 Å². The van der Waals surface area contributed by atoms with E-state index in [1.165, 1.54) is 23.1 Å². The number of thioether (sulfide) groups is 1. The monoisotopic (exact) mass is 397 g/mol. The number of carbonyl (C=O) groups is 1. The predicted molar refractivity (Wildman–Crippen MR) is 107 cm³/mol. The summed E-state index contributed by atoms with van der Waals surface area (Å²) in [5, 5.41) is 21.9. The summed E-state index contributed by atoms with van der Waals surface area (Å²) in [6.07, 6.45) is 7.28. The molecule has 1 amide bonds. The Balaban J connectivity index is 1.51. The van der Waals surface area contributed by atoms with Crippen LogP contribution < -0.4 is 5.32 Å². The Hall–Kier alpha value is -2.37. The SMILES string of the molecule is C[C@H](Sc1nnc2ccccn12)C(=O)Nc1sc2c(c1C#N)CCCCC2. The van der Waals surface area contributed by atoms with Gasteiger partial charge in [-0.2, -0.15) is 5.26 Å². The van der Waals surface area contributed by atoms with Crippen molar-refractivity contribution in [2.24, 2.45) is 0 Å². The highest BCUT2D eigenvalue weighted by atomic mass is 32.2. The molecular weight excluding hydrogens is 378 g/mol. The number of nitrogens with one attached hydrogen (secondary N) is 1. The molecular formula is C19H19N5OS2. The van der Waals surface area contributed by atoms with E-state index in [9.17, 15) is 10.1 Å². The van der Waals surface area contributed by atoms with E-state index >= 15 is 0 Å². The summed E-state index contributed by atoms with van der Waals surface area (Å²) in [6, 6.07) is 7.99. The first-order chi connectivity index (χ1) is 13.2. The summed E-state index contributed by atoms with van der Waals surface area (Å²) in [5.74, 6) is -0.124. The zero-order valence-electron chi connectivity index (χ0n) is 14.9. The number of hydrogen-bond donors (Lipinski definition) is 1. The molecule has 0 spiro atoms. The van der Waals surface area contributed by atoms with Gasteiger partial charge in [-0.1, -0.05) is 24.2 Å². The average Bonchev–Trinajstić information content (AvgIpc) is 3.14. The minimum Gasteiger partial charge on any atom is -0.316 e. The molecule has 0 radical (unpaired) electrons. The van der Waals surface area contributed by atoms with E-state index in [2.05, 4.69) is 21.6 Å². The van der Waals surface area contributed by atoms with Gasteiger partial charge in [0, 0.05) is 11.1 Å². The van der Waals surface area contributed by atoms with Crippen molar-refractivity contribution in [2.75, 3.05) is 5.32 Å². The summed E-state index contributed by atoms with van der Waals surface area (Å²) < 4.78 is 1.86. The first-order valence-electron chi connectivity index (χ1n) is 8.99. The van der Waals surface area contributed by atoms with Crippen molar-refractivity contribution in [3.63, 3.8) is 0 Å². The van der Waals surface area contributed by atoms with Crippen molar-refractivity contribution < 1.29 is 4.79 Å². The van der Waals surface area contributed by atoms with Crippen LogP contribution >= 0.6 is 23.1 Å². The number of aryl methyl sites for hydroxylation is 1. The maximum atomic E-state index is 12.7. The Bertz CT molecular complexity index is 1030. The first-order valence-corrected chi connectivity index (χ1v) is 10.7. The first kappa shape index (κ1) is 18.0. The smallest absolute Gasteiger partial charge is 0.238 e. The largest absolute Gasteiger partial charge is 0.316 e. The van der Waals surface area contributed by atoms with Gasteiger partial charge in [0.1, 0.15) is 11.1 Å². The Labute approximate surface area is 165 Å². The van der Waals surface area contributed by atoms with Crippen LogP contribution in [0.3, 0.4) is 0 Å². The van der Waals surface area contributed by atoms with Gasteiger partial charge < -0.3 is 5.32 Å². The number of carbonyl (C=O) groups excluding carboxylic acids is 1. The quantitative estimate of drug-likeness (QED) is 0.530. The van der Waals surface area contributed by atoms with E-state index in [1.807, 2.05) is 35.7 Å². The molecule has 3 heterocycles. The normalized spacial score (nSPS) is 15.0. The van der Waals surface area contributed by atoms with Crippen LogP contribution in [-0.4, -0.2) is 25.8 Å². The molecule has 1 atom stereocenters. The van der Waals surface area contributed by atoms with Gasteiger partial charge in [0.05, 0.1) is 10.8 Å².